The summed E-state index contributed by atoms with van der Waals surface area (Å²) in [6, 6.07) is 9.03. The first-order chi connectivity index (χ1) is 9.08. The van der Waals surface area contributed by atoms with Gasteiger partial charge in [-0.1, -0.05) is 24.3 Å². The molecule has 0 fully saturated rings. The quantitative estimate of drug-likeness (QED) is 0.767. The van der Waals surface area contributed by atoms with Crippen LogP contribution in [0.15, 0.2) is 30.3 Å². The van der Waals surface area contributed by atoms with Crippen molar-refractivity contribution < 1.29 is 15.0 Å². The van der Waals surface area contributed by atoms with Gasteiger partial charge in [-0.05, 0) is 24.8 Å². The number of hydrogen-bond donors (Lipinski definition) is 3. The van der Waals surface area contributed by atoms with Crippen LogP contribution in [0.5, 0.6) is 0 Å². The molecule has 100 valence electrons. The van der Waals surface area contributed by atoms with E-state index in [1.54, 1.807) is 13.0 Å². The highest BCUT2D eigenvalue weighted by Gasteiger charge is 2.10. The van der Waals surface area contributed by atoms with Crippen molar-refractivity contribution in [2.24, 2.45) is 0 Å². The van der Waals surface area contributed by atoms with Crippen LogP contribution in [0.25, 0.3) is 10.8 Å². The lowest BCUT2D eigenvalue weighted by Crippen LogP contribution is -2.12. The summed E-state index contributed by atoms with van der Waals surface area (Å²) < 4.78 is 0. The average Bonchev–Trinajstić information content (AvgIpc) is 2.38. The van der Waals surface area contributed by atoms with E-state index in [1.807, 2.05) is 24.3 Å². The Labute approximate surface area is 110 Å². The minimum absolute atomic E-state index is 0.0123. The van der Waals surface area contributed by atoms with E-state index in [-0.39, 0.29) is 5.69 Å². The molecule has 0 amide bonds. The monoisotopic (exact) mass is 260 g/mol. The first-order valence-electron chi connectivity index (χ1n) is 6.13. The van der Waals surface area contributed by atoms with Gasteiger partial charge in [0.15, 0.2) is 5.69 Å². The van der Waals surface area contributed by atoms with Gasteiger partial charge in [-0.2, -0.15) is 0 Å². The number of aliphatic hydroxyl groups excluding tert-OH is 1. The minimum atomic E-state index is -1.05. The molecule has 1 aromatic carbocycles. The van der Waals surface area contributed by atoms with E-state index in [4.69, 9.17) is 5.11 Å². The van der Waals surface area contributed by atoms with Crippen molar-refractivity contribution in [2.45, 2.75) is 19.4 Å². The van der Waals surface area contributed by atoms with Gasteiger partial charge >= 0.3 is 5.97 Å². The zero-order valence-corrected chi connectivity index (χ0v) is 10.6. The van der Waals surface area contributed by atoms with Crippen molar-refractivity contribution >= 4 is 22.6 Å². The number of pyridine rings is 1. The highest BCUT2D eigenvalue weighted by Crippen LogP contribution is 2.22. The molecule has 3 N–H and O–H groups in total. The van der Waals surface area contributed by atoms with Crippen molar-refractivity contribution in [3.8, 4) is 0 Å². The predicted molar refractivity (Wildman–Crippen MR) is 73.5 cm³/mol. The molecule has 2 aromatic rings. The van der Waals surface area contributed by atoms with Crippen molar-refractivity contribution in [1.29, 1.82) is 0 Å². The fourth-order valence-corrected chi connectivity index (χ4v) is 1.84. The first kappa shape index (κ1) is 13.3. The van der Waals surface area contributed by atoms with E-state index >= 15 is 0 Å². The molecule has 5 heteroatoms. The molecule has 1 aromatic heterocycles. The van der Waals surface area contributed by atoms with Gasteiger partial charge in [-0.15, -0.1) is 0 Å². The average molecular weight is 260 g/mol. The normalized spacial score (nSPS) is 12.3. The summed E-state index contributed by atoms with van der Waals surface area (Å²) >= 11 is 0. The maximum absolute atomic E-state index is 11.0. The number of carboxylic acids is 1. The lowest BCUT2D eigenvalue weighted by Gasteiger charge is -2.11. The van der Waals surface area contributed by atoms with Crippen LogP contribution >= 0.6 is 0 Å². The summed E-state index contributed by atoms with van der Waals surface area (Å²) in [6.07, 6.45) is 0.175. The first-order valence-corrected chi connectivity index (χ1v) is 6.13. The Bertz CT molecular complexity index is 596. The van der Waals surface area contributed by atoms with Crippen molar-refractivity contribution in [1.82, 2.24) is 4.98 Å². The molecule has 1 unspecified atom stereocenters. The molecule has 0 aliphatic heterocycles. The zero-order chi connectivity index (χ0) is 13.8. The van der Waals surface area contributed by atoms with E-state index in [1.165, 1.54) is 0 Å². The lowest BCUT2D eigenvalue weighted by atomic mass is 10.1. The summed E-state index contributed by atoms with van der Waals surface area (Å²) in [5, 5.41) is 23.1. The molecule has 1 atom stereocenters. The summed E-state index contributed by atoms with van der Waals surface area (Å²) in [4.78, 5) is 15.2. The number of carboxylic acid groups (broad SMARTS) is 1. The number of nitrogens with zero attached hydrogens (tertiary/aromatic N) is 1. The second-order valence-corrected chi connectivity index (χ2v) is 4.45. The van der Waals surface area contributed by atoms with Crippen LogP contribution in [0.2, 0.25) is 0 Å². The minimum Gasteiger partial charge on any atom is -0.477 e. The number of nitrogens with one attached hydrogen (secondary N) is 1. The van der Waals surface area contributed by atoms with E-state index in [2.05, 4.69) is 10.3 Å². The van der Waals surface area contributed by atoms with E-state index in [0.29, 0.717) is 18.8 Å². The van der Waals surface area contributed by atoms with Gasteiger partial charge in [0, 0.05) is 11.9 Å². The van der Waals surface area contributed by atoms with Crippen LogP contribution in [0, 0.1) is 0 Å². The molecule has 1 heterocycles. The summed E-state index contributed by atoms with van der Waals surface area (Å²) in [5.74, 6) is -0.513. The van der Waals surface area contributed by atoms with Crippen LogP contribution in [-0.2, 0) is 0 Å². The van der Waals surface area contributed by atoms with Gasteiger partial charge in [-0.3, -0.25) is 0 Å². The second-order valence-electron chi connectivity index (χ2n) is 4.45. The fraction of sp³-hybridized carbons (Fsp3) is 0.286. The molecule has 0 radical (unpaired) electrons. The lowest BCUT2D eigenvalue weighted by molar-refractivity contribution is 0.0691. The Morgan fingerprint density at radius 2 is 2.16 bits per heavy atom. The Hall–Kier alpha value is -2.14. The van der Waals surface area contributed by atoms with Gasteiger partial charge in [0.25, 0.3) is 0 Å². The molecule has 19 heavy (non-hydrogen) atoms. The predicted octanol–water partition coefficient (Wildman–Crippen LogP) is 2.12. The van der Waals surface area contributed by atoms with E-state index < -0.39 is 12.1 Å². The number of hydrogen-bond acceptors (Lipinski definition) is 4. The third-order valence-corrected chi connectivity index (χ3v) is 2.81. The largest absolute Gasteiger partial charge is 0.477 e. The molecular formula is C14H16N2O3. The topological polar surface area (TPSA) is 82.5 Å². The number of aromatic carboxylic acids is 1. The molecule has 5 nitrogen and oxygen atoms in total. The van der Waals surface area contributed by atoms with Crippen LogP contribution in [0.3, 0.4) is 0 Å². The molecule has 0 saturated carbocycles. The van der Waals surface area contributed by atoms with Crippen molar-refractivity contribution in [3.05, 3.63) is 36.0 Å². The number of benzene rings is 1. The van der Waals surface area contributed by atoms with Crippen LogP contribution in [0.4, 0.5) is 5.82 Å². The maximum atomic E-state index is 11.0. The van der Waals surface area contributed by atoms with Gasteiger partial charge in [0.05, 0.1) is 6.10 Å². The molecule has 0 bridgehead atoms. The number of rotatable bonds is 5. The van der Waals surface area contributed by atoms with Crippen LogP contribution in [0.1, 0.15) is 23.8 Å². The van der Waals surface area contributed by atoms with Gasteiger partial charge in [0.1, 0.15) is 5.82 Å². The van der Waals surface area contributed by atoms with Crippen molar-refractivity contribution in [3.63, 3.8) is 0 Å². The van der Waals surface area contributed by atoms with Crippen molar-refractivity contribution in [2.75, 3.05) is 11.9 Å². The third kappa shape index (κ3) is 3.20. The second kappa shape index (κ2) is 5.67. The summed E-state index contributed by atoms with van der Waals surface area (Å²) in [7, 11) is 0. The van der Waals surface area contributed by atoms with Gasteiger partial charge in [-0.25, -0.2) is 9.78 Å². The standard InChI is InChI=1S/C14H16N2O3/c1-9(17)6-7-15-13-11-5-3-2-4-10(11)8-12(16-13)14(18)19/h2-5,8-9,17H,6-7H2,1H3,(H,15,16)(H,18,19). The third-order valence-electron chi connectivity index (χ3n) is 2.81. The SMILES string of the molecule is CC(O)CCNc1nc(C(=O)O)cc2ccccc12. The van der Waals surface area contributed by atoms with Crippen LogP contribution in [-0.4, -0.2) is 33.8 Å². The Kier molecular flexibility index (Phi) is 3.97. The van der Waals surface area contributed by atoms with Gasteiger partial charge < -0.3 is 15.5 Å². The maximum Gasteiger partial charge on any atom is 0.354 e. The summed E-state index contributed by atoms with van der Waals surface area (Å²) in [6.45, 7) is 2.25. The number of fused-ring (bicyclic) bond motifs is 1. The molecule has 2 rings (SSSR count). The zero-order valence-electron chi connectivity index (χ0n) is 10.6. The Morgan fingerprint density at radius 1 is 1.42 bits per heavy atom. The van der Waals surface area contributed by atoms with E-state index in [0.717, 1.165) is 10.8 Å². The number of aliphatic hydroxyl groups is 1. The molecule has 0 spiro atoms. The molecule has 0 aliphatic carbocycles. The van der Waals surface area contributed by atoms with Crippen LogP contribution < -0.4 is 5.32 Å². The fourth-order valence-electron chi connectivity index (χ4n) is 1.84. The molecule has 0 saturated heterocycles. The van der Waals surface area contributed by atoms with E-state index in [9.17, 15) is 9.90 Å². The number of aromatic nitrogens is 1. The highest BCUT2D eigenvalue weighted by molar-refractivity contribution is 5.97. The van der Waals surface area contributed by atoms with Gasteiger partial charge in [0.2, 0.25) is 0 Å². The number of anilines is 1. The smallest absolute Gasteiger partial charge is 0.354 e. The number of carbonyl (C=O) groups is 1. The molecular weight excluding hydrogens is 244 g/mol. The molecule has 0 aliphatic rings. The Balaban J connectivity index is 2.36. The Morgan fingerprint density at radius 3 is 2.84 bits per heavy atom. The highest BCUT2D eigenvalue weighted by atomic mass is 16.4. The summed E-state index contributed by atoms with van der Waals surface area (Å²) in [5.41, 5.74) is 0.0123.